The van der Waals surface area contributed by atoms with Gasteiger partial charge in [-0.05, 0) is 52.8 Å². The molecule has 0 saturated heterocycles. The molecule has 0 radical (unpaired) electrons. The van der Waals surface area contributed by atoms with Gasteiger partial charge in [-0.25, -0.2) is 8.78 Å². The summed E-state index contributed by atoms with van der Waals surface area (Å²) in [6.45, 7) is 4.45. The Balaban J connectivity index is 2.01. The van der Waals surface area contributed by atoms with Crippen molar-refractivity contribution in [1.29, 1.82) is 0 Å². The predicted octanol–water partition coefficient (Wildman–Crippen LogP) is 8.28. The molecular weight excluding hydrogens is 362 g/mol. The van der Waals surface area contributed by atoms with Crippen molar-refractivity contribution >= 4 is 0 Å². The summed E-state index contributed by atoms with van der Waals surface area (Å²) in [5.41, 5.74) is 6.35. The van der Waals surface area contributed by atoms with Crippen LogP contribution in [0.3, 0.4) is 0 Å². The van der Waals surface area contributed by atoms with Crippen molar-refractivity contribution in [3.05, 3.63) is 83.4 Å². The van der Waals surface area contributed by atoms with Gasteiger partial charge in [-0.15, -0.1) is 0 Å². The fraction of sp³-hybridized carbons (Fsp3) is 0.333. The zero-order chi connectivity index (χ0) is 20.4. The SMILES string of the molecule is CCCCC1(CCCC)c2ccccc2-c2cccc(-c3ccc(F)cc3F)c21. The fourth-order valence-corrected chi connectivity index (χ4v) is 5.10. The van der Waals surface area contributed by atoms with Gasteiger partial charge >= 0.3 is 0 Å². The highest BCUT2D eigenvalue weighted by Crippen LogP contribution is 2.56. The molecule has 1 aliphatic rings. The van der Waals surface area contributed by atoms with E-state index < -0.39 is 11.6 Å². The first-order chi connectivity index (χ1) is 14.1. The molecule has 0 spiro atoms. The quantitative estimate of drug-likeness (QED) is 0.381. The van der Waals surface area contributed by atoms with E-state index in [4.69, 9.17) is 0 Å². The number of halogens is 2. The second-order valence-electron chi connectivity index (χ2n) is 8.19. The van der Waals surface area contributed by atoms with E-state index in [1.54, 1.807) is 6.07 Å². The van der Waals surface area contributed by atoms with Crippen molar-refractivity contribution in [2.75, 3.05) is 0 Å². The molecule has 0 heterocycles. The van der Waals surface area contributed by atoms with Crippen LogP contribution in [0.25, 0.3) is 22.3 Å². The molecule has 29 heavy (non-hydrogen) atoms. The highest BCUT2D eigenvalue weighted by Gasteiger charge is 2.43. The topological polar surface area (TPSA) is 0 Å². The second kappa shape index (κ2) is 8.10. The van der Waals surface area contributed by atoms with Crippen LogP contribution in [0.4, 0.5) is 8.78 Å². The maximum atomic E-state index is 14.8. The summed E-state index contributed by atoms with van der Waals surface area (Å²) in [6.07, 6.45) is 6.59. The van der Waals surface area contributed by atoms with Gasteiger partial charge in [-0.1, -0.05) is 82.0 Å². The second-order valence-corrected chi connectivity index (χ2v) is 8.19. The van der Waals surface area contributed by atoms with Gasteiger partial charge in [0.2, 0.25) is 0 Å². The normalized spacial score (nSPS) is 13.9. The molecule has 0 atom stereocenters. The molecule has 0 aliphatic heterocycles. The summed E-state index contributed by atoms with van der Waals surface area (Å²) in [5.74, 6) is -1.03. The zero-order valence-electron chi connectivity index (χ0n) is 17.3. The number of hydrogen-bond donors (Lipinski definition) is 0. The van der Waals surface area contributed by atoms with Gasteiger partial charge < -0.3 is 0 Å². The van der Waals surface area contributed by atoms with Crippen molar-refractivity contribution in [1.82, 2.24) is 0 Å². The molecule has 2 heteroatoms. The maximum absolute atomic E-state index is 14.8. The minimum atomic E-state index is -0.537. The zero-order valence-corrected chi connectivity index (χ0v) is 17.3. The van der Waals surface area contributed by atoms with Crippen LogP contribution in [0, 0.1) is 11.6 Å². The lowest BCUT2D eigenvalue weighted by Gasteiger charge is -2.34. The molecule has 0 aromatic heterocycles. The van der Waals surface area contributed by atoms with Crippen LogP contribution in [0.15, 0.2) is 60.7 Å². The van der Waals surface area contributed by atoms with E-state index in [0.717, 1.165) is 50.2 Å². The number of fused-ring (bicyclic) bond motifs is 3. The summed E-state index contributed by atoms with van der Waals surface area (Å²) < 4.78 is 28.4. The minimum Gasteiger partial charge on any atom is -0.207 e. The van der Waals surface area contributed by atoms with Gasteiger partial charge in [-0.2, -0.15) is 0 Å². The Morgan fingerprint density at radius 2 is 1.31 bits per heavy atom. The van der Waals surface area contributed by atoms with Crippen LogP contribution < -0.4 is 0 Å². The lowest BCUT2D eigenvalue weighted by molar-refractivity contribution is 0.415. The Morgan fingerprint density at radius 3 is 1.97 bits per heavy atom. The van der Waals surface area contributed by atoms with E-state index >= 15 is 0 Å². The van der Waals surface area contributed by atoms with Crippen LogP contribution >= 0.6 is 0 Å². The Hall–Kier alpha value is -2.48. The molecule has 0 nitrogen and oxygen atoms in total. The van der Waals surface area contributed by atoms with Crippen molar-refractivity contribution in [3.63, 3.8) is 0 Å². The number of rotatable bonds is 7. The Morgan fingerprint density at radius 1 is 0.690 bits per heavy atom. The summed E-state index contributed by atoms with van der Waals surface area (Å²) in [5, 5.41) is 0. The van der Waals surface area contributed by atoms with E-state index in [1.807, 2.05) is 12.1 Å². The molecule has 0 unspecified atom stereocenters. The third-order valence-electron chi connectivity index (χ3n) is 6.41. The van der Waals surface area contributed by atoms with Crippen LogP contribution in [0.5, 0.6) is 0 Å². The third kappa shape index (κ3) is 3.29. The molecule has 150 valence electrons. The fourth-order valence-electron chi connectivity index (χ4n) is 5.10. The van der Waals surface area contributed by atoms with Crippen molar-refractivity contribution in [2.24, 2.45) is 0 Å². The minimum absolute atomic E-state index is 0.116. The van der Waals surface area contributed by atoms with Crippen LogP contribution in [0.1, 0.15) is 63.5 Å². The largest absolute Gasteiger partial charge is 0.207 e. The summed E-state index contributed by atoms with van der Waals surface area (Å²) in [4.78, 5) is 0. The van der Waals surface area contributed by atoms with E-state index in [2.05, 4.69) is 44.2 Å². The Bertz CT molecular complexity index is 1010. The molecular formula is C27H28F2. The standard InChI is InChI=1S/C27H28F2/c1-3-5-16-27(17-6-4-2)24-13-8-7-10-20(24)22-11-9-12-23(26(22)27)21-15-14-19(28)18-25(21)29/h7-15,18H,3-6,16-17H2,1-2H3. The average molecular weight is 391 g/mol. The average Bonchev–Trinajstić information content (AvgIpc) is 3.02. The lowest BCUT2D eigenvalue weighted by Crippen LogP contribution is -2.26. The Labute approximate surface area is 172 Å². The molecule has 0 fully saturated rings. The molecule has 0 N–H and O–H groups in total. The van der Waals surface area contributed by atoms with E-state index in [1.165, 1.54) is 28.3 Å². The van der Waals surface area contributed by atoms with Gasteiger partial charge in [0.1, 0.15) is 11.6 Å². The molecule has 0 amide bonds. The number of benzene rings is 3. The van der Waals surface area contributed by atoms with E-state index in [-0.39, 0.29) is 5.41 Å². The smallest absolute Gasteiger partial charge is 0.133 e. The van der Waals surface area contributed by atoms with E-state index in [0.29, 0.717) is 5.56 Å². The molecule has 0 saturated carbocycles. The first-order valence-electron chi connectivity index (χ1n) is 10.8. The highest BCUT2D eigenvalue weighted by molar-refractivity contribution is 5.88. The maximum Gasteiger partial charge on any atom is 0.133 e. The Kier molecular flexibility index (Phi) is 5.54. The first-order valence-corrected chi connectivity index (χ1v) is 10.8. The first kappa shape index (κ1) is 19.8. The monoisotopic (exact) mass is 390 g/mol. The third-order valence-corrected chi connectivity index (χ3v) is 6.41. The van der Waals surface area contributed by atoms with Gasteiger partial charge in [0.05, 0.1) is 0 Å². The van der Waals surface area contributed by atoms with Crippen LogP contribution in [-0.2, 0) is 5.41 Å². The van der Waals surface area contributed by atoms with Crippen molar-refractivity contribution in [2.45, 2.75) is 57.8 Å². The predicted molar refractivity (Wildman–Crippen MR) is 117 cm³/mol. The van der Waals surface area contributed by atoms with Gasteiger partial charge in [0, 0.05) is 17.0 Å². The van der Waals surface area contributed by atoms with Gasteiger partial charge in [0.25, 0.3) is 0 Å². The molecule has 3 aromatic rings. The molecule has 4 rings (SSSR count). The lowest BCUT2D eigenvalue weighted by atomic mass is 9.69. The van der Waals surface area contributed by atoms with Gasteiger partial charge in [-0.3, -0.25) is 0 Å². The number of unbranched alkanes of at least 4 members (excludes halogenated alkanes) is 2. The molecule has 1 aliphatic carbocycles. The molecule has 0 bridgehead atoms. The highest BCUT2D eigenvalue weighted by atomic mass is 19.1. The summed E-state index contributed by atoms with van der Waals surface area (Å²) >= 11 is 0. The number of hydrogen-bond acceptors (Lipinski definition) is 0. The van der Waals surface area contributed by atoms with Crippen molar-refractivity contribution in [3.8, 4) is 22.3 Å². The molecule has 3 aromatic carbocycles. The van der Waals surface area contributed by atoms with Crippen LogP contribution in [0.2, 0.25) is 0 Å². The van der Waals surface area contributed by atoms with E-state index in [9.17, 15) is 8.78 Å². The van der Waals surface area contributed by atoms with Crippen LogP contribution in [-0.4, -0.2) is 0 Å². The van der Waals surface area contributed by atoms with Crippen molar-refractivity contribution < 1.29 is 8.78 Å². The summed E-state index contributed by atoms with van der Waals surface area (Å²) in [7, 11) is 0. The summed E-state index contributed by atoms with van der Waals surface area (Å²) in [6, 6.07) is 18.8. The van der Waals surface area contributed by atoms with Gasteiger partial charge in [0.15, 0.2) is 0 Å².